The fourth-order valence-electron chi connectivity index (χ4n) is 4.32. The highest BCUT2D eigenvalue weighted by Crippen LogP contribution is 2.34. The monoisotopic (exact) mass is 627 g/mol. The number of aromatic amines is 1. The van der Waals surface area contributed by atoms with Gasteiger partial charge >= 0.3 is 0 Å². The molecule has 0 aliphatic heterocycles. The Bertz CT molecular complexity index is 1570. The van der Waals surface area contributed by atoms with Crippen LogP contribution in [0.5, 0.6) is 0 Å². The van der Waals surface area contributed by atoms with Crippen LogP contribution in [0.2, 0.25) is 0 Å². The van der Waals surface area contributed by atoms with Gasteiger partial charge in [-0.15, -0.1) is 11.3 Å². The number of carbonyl (C=O) groups is 1. The molecule has 4 N–H and O–H groups in total. The Morgan fingerprint density at radius 3 is 2.51 bits per heavy atom. The maximum absolute atomic E-state index is 14.5. The number of anilines is 1. The van der Waals surface area contributed by atoms with Crippen LogP contribution >= 0.6 is 23.4 Å². The fourth-order valence-corrected chi connectivity index (χ4v) is 5.38. The number of H-pyrrole nitrogens is 1. The number of thiazole rings is 1. The van der Waals surface area contributed by atoms with Gasteiger partial charge in [-0.1, -0.05) is 37.5 Å². The van der Waals surface area contributed by atoms with E-state index in [1.54, 1.807) is 35.6 Å². The number of carbonyl (C=O) groups excluding carboxylic acids is 1. The van der Waals surface area contributed by atoms with Crippen molar-refractivity contribution in [3.05, 3.63) is 83.9 Å². The van der Waals surface area contributed by atoms with Crippen LogP contribution in [0, 0.1) is 11.8 Å². The van der Waals surface area contributed by atoms with Crippen LogP contribution in [0.1, 0.15) is 55.6 Å². The van der Waals surface area contributed by atoms with E-state index in [-0.39, 0.29) is 35.4 Å². The molecule has 0 spiro atoms. The lowest BCUT2D eigenvalue weighted by molar-refractivity contribution is 0.102. The second kappa shape index (κ2) is 16.0. The lowest BCUT2D eigenvalue weighted by Gasteiger charge is -2.21. The zero-order valence-electron chi connectivity index (χ0n) is 23.3. The highest BCUT2D eigenvalue weighted by atomic mass is 32.2. The first-order valence-electron chi connectivity index (χ1n) is 13.6. The number of hydrogen-bond donors (Lipinski definition) is 4. The third-order valence-corrected chi connectivity index (χ3v) is 7.67. The Balaban J connectivity index is 0.000000327. The predicted octanol–water partition coefficient (Wildman–Crippen LogP) is 7.08. The van der Waals surface area contributed by atoms with Crippen molar-refractivity contribution < 1.29 is 23.2 Å². The molecule has 6 rings (SSSR count). The van der Waals surface area contributed by atoms with E-state index >= 15 is 0 Å². The predicted molar refractivity (Wildman–Crippen MR) is 163 cm³/mol. The van der Waals surface area contributed by atoms with Crippen LogP contribution in [0.3, 0.4) is 0 Å². The number of rotatable bonds is 6. The van der Waals surface area contributed by atoms with Gasteiger partial charge in [0, 0.05) is 46.9 Å². The Kier molecular flexibility index (Phi) is 11.9. The molecule has 5 aromatic rings. The smallest absolute Gasteiger partial charge is 0.275 e. The van der Waals surface area contributed by atoms with E-state index in [1.165, 1.54) is 11.3 Å². The number of halogens is 2. The Labute approximate surface area is 255 Å². The first-order chi connectivity index (χ1) is 20.9. The molecule has 0 radical (unpaired) electrons. The van der Waals surface area contributed by atoms with E-state index in [2.05, 4.69) is 30.6 Å². The van der Waals surface area contributed by atoms with Gasteiger partial charge in [0.15, 0.2) is 5.82 Å². The van der Waals surface area contributed by atoms with Gasteiger partial charge in [-0.2, -0.15) is 14.6 Å². The molecule has 1 amide bonds. The van der Waals surface area contributed by atoms with Crippen LogP contribution in [0.15, 0.2) is 71.3 Å². The summed E-state index contributed by atoms with van der Waals surface area (Å²) in [6, 6.07) is 11.5. The van der Waals surface area contributed by atoms with Gasteiger partial charge in [-0.3, -0.25) is 14.6 Å². The largest absolute Gasteiger partial charge is 0.397 e. The summed E-state index contributed by atoms with van der Waals surface area (Å²) in [5.41, 5.74) is 1.08. The van der Waals surface area contributed by atoms with Crippen LogP contribution in [0.4, 0.5) is 14.5 Å². The maximum atomic E-state index is 14.5. The van der Waals surface area contributed by atoms with Gasteiger partial charge in [0.2, 0.25) is 5.95 Å². The highest BCUT2D eigenvalue weighted by molar-refractivity contribution is 7.93. The second-order valence-corrected chi connectivity index (χ2v) is 10.8. The molecule has 10 nitrogen and oxygen atoms in total. The van der Waals surface area contributed by atoms with Crippen LogP contribution in [-0.4, -0.2) is 52.1 Å². The van der Waals surface area contributed by atoms with Gasteiger partial charge in [-0.25, -0.2) is 14.4 Å². The number of hydrogen-bond acceptors (Lipinski definition) is 9. The first-order valence-corrected chi connectivity index (χ1v) is 15.2. The number of benzene rings is 1. The van der Waals surface area contributed by atoms with E-state index in [0.717, 1.165) is 66.7 Å². The summed E-state index contributed by atoms with van der Waals surface area (Å²) in [7, 11) is 0. The van der Waals surface area contributed by atoms with E-state index < -0.39 is 17.7 Å². The summed E-state index contributed by atoms with van der Waals surface area (Å²) in [6.07, 6.45) is 10.2. The molecule has 1 saturated carbocycles. The van der Waals surface area contributed by atoms with Gasteiger partial charge in [0.25, 0.3) is 5.91 Å². The number of nitrogens with zero attached hydrogens (tertiary/aromatic N) is 5. The van der Waals surface area contributed by atoms with E-state index in [0.29, 0.717) is 5.01 Å². The van der Waals surface area contributed by atoms with Crippen molar-refractivity contribution in [3.8, 4) is 22.0 Å². The van der Waals surface area contributed by atoms with Crippen molar-refractivity contribution in [1.82, 2.24) is 29.9 Å². The molecule has 14 heteroatoms. The fraction of sp³-hybridized carbons (Fsp3) is 0.276. The van der Waals surface area contributed by atoms with Crippen LogP contribution in [-0.2, 0) is 0 Å². The molecule has 43 heavy (non-hydrogen) atoms. The van der Waals surface area contributed by atoms with E-state index in [4.69, 9.17) is 9.66 Å². The molecule has 4 heterocycles. The van der Waals surface area contributed by atoms with Crippen molar-refractivity contribution >= 4 is 35.0 Å². The third-order valence-electron chi connectivity index (χ3n) is 6.30. The topological polar surface area (TPSA) is 142 Å². The lowest BCUT2D eigenvalue weighted by atomic mass is 9.96. The van der Waals surface area contributed by atoms with Crippen LogP contribution in [0.25, 0.3) is 22.0 Å². The molecular weight excluding hydrogens is 596 g/mol. The number of aliphatic hydroxyl groups is 1. The standard InChI is InChI=1S/C21H19F2N7OS.C6H6OS.C2H6O/c22-14-6-7-17(23)28-18(14)19-15(10-30(29-19)13-4-2-1-3-5-13)26-20(31)16-11-32-21(27-16)12-8-24-25-9-12;7-8-6-4-2-1-3-5-6;1-2-3/h6-11,13H,1-5H2,(H,24,25)(H,26,31);1-5,7H;3H,2H2,1H3. The lowest BCUT2D eigenvalue weighted by Crippen LogP contribution is -2.14. The average molecular weight is 628 g/mol. The Hall–Kier alpha value is -3.98. The number of aromatic nitrogens is 6. The molecule has 0 unspecified atom stereocenters. The summed E-state index contributed by atoms with van der Waals surface area (Å²) in [6.45, 7) is 1.93. The highest BCUT2D eigenvalue weighted by Gasteiger charge is 2.24. The van der Waals surface area contributed by atoms with Crippen molar-refractivity contribution in [2.75, 3.05) is 11.9 Å². The summed E-state index contributed by atoms with van der Waals surface area (Å²) >= 11 is 2.07. The van der Waals surface area contributed by atoms with Crippen molar-refractivity contribution in [3.63, 3.8) is 0 Å². The number of pyridine rings is 1. The number of aliphatic hydroxyl groups excluding tert-OH is 1. The Morgan fingerprint density at radius 1 is 1.12 bits per heavy atom. The maximum Gasteiger partial charge on any atom is 0.275 e. The molecule has 0 atom stereocenters. The number of amides is 1. The molecule has 1 aromatic carbocycles. The molecule has 226 valence electrons. The zero-order valence-corrected chi connectivity index (χ0v) is 24.9. The molecule has 4 aromatic heterocycles. The second-order valence-electron chi connectivity index (χ2n) is 9.33. The molecule has 1 aliphatic rings. The minimum atomic E-state index is -0.824. The van der Waals surface area contributed by atoms with Gasteiger partial charge < -0.3 is 15.0 Å². The summed E-state index contributed by atoms with van der Waals surface area (Å²) in [5, 5.41) is 23.7. The number of nitrogens with one attached hydrogen (secondary N) is 2. The third kappa shape index (κ3) is 8.76. The normalized spacial score (nSPS) is 13.0. The molecule has 1 fully saturated rings. The molecule has 0 bridgehead atoms. The SMILES string of the molecule is CCO.O=C(Nc1cn(C2CCCCC2)nc1-c1nc(F)ccc1F)c1csc(-c2cn[nH]c2)n1.OSc1ccccc1. The first kappa shape index (κ1) is 31.9. The van der Waals surface area contributed by atoms with Gasteiger partial charge in [-0.05, 0) is 44.0 Å². The quantitative estimate of drug-likeness (QED) is 0.116. The minimum Gasteiger partial charge on any atom is -0.397 e. The zero-order chi connectivity index (χ0) is 30.6. The van der Waals surface area contributed by atoms with Crippen LogP contribution < -0.4 is 5.32 Å². The van der Waals surface area contributed by atoms with E-state index in [9.17, 15) is 13.6 Å². The molecule has 0 saturated heterocycles. The van der Waals surface area contributed by atoms with Crippen molar-refractivity contribution in [2.45, 2.75) is 50.0 Å². The van der Waals surface area contributed by atoms with E-state index in [1.807, 2.05) is 30.3 Å². The van der Waals surface area contributed by atoms with Gasteiger partial charge in [0.1, 0.15) is 22.1 Å². The summed E-state index contributed by atoms with van der Waals surface area (Å²) in [5.74, 6) is -2.01. The summed E-state index contributed by atoms with van der Waals surface area (Å²) < 4.78 is 38.5. The minimum absolute atomic E-state index is 0.0891. The molecule has 1 aliphatic carbocycles. The summed E-state index contributed by atoms with van der Waals surface area (Å²) in [4.78, 5) is 21.8. The molecular formula is C29H31F2N7O3S2. The van der Waals surface area contributed by atoms with Gasteiger partial charge in [0.05, 0.1) is 17.9 Å². The van der Waals surface area contributed by atoms with Crippen molar-refractivity contribution in [1.29, 1.82) is 0 Å². The average Bonchev–Trinajstić information content (AvgIpc) is 3.82. The van der Waals surface area contributed by atoms with Crippen molar-refractivity contribution in [2.24, 2.45) is 0 Å². The Morgan fingerprint density at radius 2 is 1.86 bits per heavy atom.